The second-order valence-electron chi connectivity index (χ2n) is 4.03. The van der Waals surface area contributed by atoms with Gasteiger partial charge in [0.05, 0.1) is 41.6 Å². The molecule has 0 unspecified atom stereocenters. The van der Waals surface area contributed by atoms with Crippen molar-refractivity contribution < 1.29 is 9.53 Å². The van der Waals surface area contributed by atoms with Gasteiger partial charge >= 0.3 is 0 Å². The maximum atomic E-state index is 11.6. The molecule has 106 valence electrons. The van der Waals surface area contributed by atoms with E-state index in [1.807, 2.05) is 0 Å². The van der Waals surface area contributed by atoms with Crippen molar-refractivity contribution in [1.29, 1.82) is 0 Å². The van der Waals surface area contributed by atoms with Gasteiger partial charge in [-0.05, 0) is 12.1 Å². The van der Waals surface area contributed by atoms with Gasteiger partial charge in [-0.25, -0.2) is 4.98 Å². The van der Waals surface area contributed by atoms with E-state index < -0.39 is 0 Å². The molecule has 2 rings (SSSR count). The fourth-order valence-electron chi connectivity index (χ4n) is 1.49. The molecule has 1 heterocycles. The van der Waals surface area contributed by atoms with Crippen molar-refractivity contribution >= 4 is 29.1 Å². The van der Waals surface area contributed by atoms with E-state index in [0.29, 0.717) is 22.3 Å². The van der Waals surface area contributed by atoms with E-state index in [4.69, 9.17) is 27.9 Å². The van der Waals surface area contributed by atoms with Crippen LogP contribution in [0, 0.1) is 0 Å². The molecule has 1 amide bonds. The average molecular weight is 314 g/mol. The summed E-state index contributed by atoms with van der Waals surface area (Å²) in [6.45, 7) is 0.693. The largest absolute Gasteiger partial charge is 0.493 e. The molecule has 0 saturated heterocycles. The summed E-state index contributed by atoms with van der Waals surface area (Å²) in [7, 11) is 0. The molecule has 2 N–H and O–H groups in total. The van der Waals surface area contributed by atoms with Crippen molar-refractivity contribution in [2.75, 3.05) is 6.61 Å². The Hall–Kier alpha value is -1.72. The summed E-state index contributed by atoms with van der Waals surface area (Å²) in [6, 6.07) is 4.97. The monoisotopic (exact) mass is 313 g/mol. The number of hydrogen-bond donors (Lipinski definition) is 2. The van der Waals surface area contributed by atoms with E-state index in [1.54, 1.807) is 30.7 Å². The lowest BCUT2D eigenvalue weighted by atomic mass is 10.3. The first kappa shape index (κ1) is 14.7. The van der Waals surface area contributed by atoms with Gasteiger partial charge in [-0.1, -0.05) is 23.2 Å². The van der Waals surface area contributed by atoms with E-state index in [0.717, 1.165) is 5.69 Å². The summed E-state index contributed by atoms with van der Waals surface area (Å²) in [4.78, 5) is 18.3. The van der Waals surface area contributed by atoms with Gasteiger partial charge in [0.15, 0.2) is 0 Å². The van der Waals surface area contributed by atoms with Crippen LogP contribution in [0.25, 0.3) is 0 Å². The fraction of sp³-hybridized carbons (Fsp3) is 0.231. The van der Waals surface area contributed by atoms with E-state index in [-0.39, 0.29) is 18.9 Å². The summed E-state index contributed by atoms with van der Waals surface area (Å²) < 4.78 is 5.43. The van der Waals surface area contributed by atoms with Crippen molar-refractivity contribution in [2.45, 2.75) is 13.0 Å². The molecule has 0 aliphatic heterocycles. The molecule has 0 spiro atoms. The maximum Gasteiger partial charge on any atom is 0.223 e. The molecule has 0 radical (unpaired) electrons. The number of hydrogen-bond acceptors (Lipinski definition) is 3. The predicted octanol–water partition coefficient (Wildman–Crippen LogP) is 2.80. The van der Waals surface area contributed by atoms with Crippen molar-refractivity contribution in [3.63, 3.8) is 0 Å². The molecule has 2 aromatic rings. The summed E-state index contributed by atoms with van der Waals surface area (Å²) in [5, 5.41) is 3.65. The number of ether oxygens (including phenoxy) is 1. The first-order valence-electron chi connectivity index (χ1n) is 5.97. The topological polar surface area (TPSA) is 67.0 Å². The Morgan fingerprint density at radius 2 is 2.20 bits per heavy atom. The van der Waals surface area contributed by atoms with E-state index >= 15 is 0 Å². The smallest absolute Gasteiger partial charge is 0.223 e. The molecule has 0 aliphatic carbocycles. The van der Waals surface area contributed by atoms with Crippen LogP contribution in [0.15, 0.2) is 30.7 Å². The van der Waals surface area contributed by atoms with Gasteiger partial charge in [0, 0.05) is 12.3 Å². The average Bonchev–Trinajstić information content (AvgIpc) is 2.94. The van der Waals surface area contributed by atoms with E-state index in [2.05, 4.69) is 15.3 Å². The highest BCUT2D eigenvalue weighted by Gasteiger charge is 2.04. The highest BCUT2D eigenvalue weighted by Crippen LogP contribution is 2.26. The maximum absolute atomic E-state index is 11.6. The second-order valence-corrected chi connectivity index (χ2v) is 4.84. The number of carbonyl (C=O) groups is 1. The number of halogens is 2. The lowest BCUT2D eigenvalue weighted by Gasteiger charge is -2.07. The fourth-order valence-corrected chi connectivity index (χ4v) is 1.78. The number of imidazole rings is 1. The Bertz CT molecular complexity index is 573. The number of aromatic nitrogens is 2. The van der Waals surface area contributed by atoms with Crippen molar-refractivity contribution in [3.8, 4) is 5.75 Å². The second kappa shape index (κ2) is 7.17. The van der Waals surface area contributed by atoms with Crippen LogP contribution < -0.4 is 10.1 Å². The Balaban J connectivity index is 1.69. The lowest BCUT2D eigenvalue weighted by molar-refractivity contribution is -0.121. The molecule has 20 heavy (non-hydrogen) atoms. The van der Waals surface area contributed by atoms with Gasteiger partial charge in [-0.15, -0.1) is 0 Å². The quantitative estimate of drug-likeness (QED) is 0.861. The third-order valence-corrected chi connectivity index (χ3v) is 3.26. The number of amides is 1. The Morgan fingerprint density at radius 1 is 1.35 bits per heavy atom. The molecule has 0 atom stereocenters. The number of H-pyrrole nitrogens is 1. The molecule has 7 heteroatoms. The third kappa shape index (κ3) is 4.43. The van der Waals surface area contributed by atoms with Crippen molar-refractivity contribution in [1.82, 2.24) is 15.3 Å². The molecular formula is C13H13Cl2N3O2. The molecule has 1 aromatic carbocycles. The summed E-state index contributed by atoms with van der Waals surface area (Å²) in [5.74, 6) is 0.487. The number of benzene rings is 1. The summed E-state index contributed by atoms with van der Waals surface area (Å²) >= 11 is 11.7. The van der Waals surface area contributed by atoms with Crippen LogP contribution in [0.1, 0.15) is 12.1 Å². The van der Waals surface area contributed by atoms with E-state index in [1.165, 1.54) is 0 Å². The van der Waals surface area contributed by atoms with Crippen LogP contribution in [0.4, 0.5) is 0 Å². The van der Waals surface area contributed by atoms with E-state index in [9.17, 15) is 4.79 Å². The zero-order valence-electron chi connectivity index (χ0n) is 10.5. The van der Waals surface area contributed by atoms with Crippen molar-refractivity contribution in [2.24, 2.45) is 0 Å². The van der Waals surface area contributed by atoms with Gasteiger partial charge in [0.2, 0.25) is 5.91 Å². The third-order valence-electron chi connectivity index (χ3n) is 2.52. The Kier molecular flexibility index (Phi) is 5.26. The normalized spacial score (nSPS) is 10.3. The van der Waals surface area contributed by atoms with Gasteiger partial charge in [0.1, 0.15) is 5.75 Å². The van der Waals surface area contributed by atoms with Gasteiger partial charge in [-0.3, -0.25) is 4.79 Å². The Labute approximate surface area is 126 Å². The zero-order chi connectivity index (χ0) is 14.4. The number of carbonyl (C=O) groups excluding carboxylic acids is 1. The molecule has 0 bridgehead atoms. The van der Waals surface area contributed by atoms with Gasteiger partial charge in [-0.2, -0.15) is 0 Å². The number of nitrogens with zero attached hydrogens (tertiary/aromatic N) is 1. The first-order chi connectivity index (χ1) is 9.65. The number of aromatic amines is 1. The molecule has 0 aliphatic rings. The lowest BCUT2D eigenvalue weighted by Crippen LogP contribution is -2.24. The molecule has 1 aromatic heterocycles. The standard InChI is InChI=1S/C13H13Cl2N3O2/c14-11-2-1-10(5-12(11)15)20-4-3-13(19)17-7-9-6-16-8-18-9/h1-2,5-6,8H,3-4,7H2,(H,16,18)(H,17,19). The zero-order valence-corrected chi connectivity index (χ0v) is 12.0. The SMILES string of the molecule is O=C(CCOc1ccc(Cl)c(Cl)c1)NCc1cnc[nH]1. The minimum absolute atomic E-state index is 0.0975. The van der Waals surface area contributed by atoms with Crippen LogP contribution in [-0.2, 0) is 11.3 Å². The molecule has 0 saturated carbocycles. The van der Waals surface area contributed by atoms with Crippen LogP contribution >= 0.6 is 23.2 Å². The number of nitrogens with one attached hydrogen (secondary N) is 2. The van der Waals surface area contributed by atoms with Gasteiger partial charge < -0.3 is 15.0 Å². The van der Waals surface area contributed by atoms with Crippen LogP contribution in [0.5, 0.6) is 5.75 Å². The number of rotatable bonds is 6. The highest BCUT2D eigenvalue weighted by atomic mass is 35.5. The highest BCUT2D eigenvalue weighted by molar-refractivity contribution is 6.42. The predicted molar refractivity (Wildman–Crippen MR) is 77.0 cm³/mol. The molecular weight excluding hydrogens is 301 g/mol. The molecule has 5 nitrogen and oxygen atoms in total. The minimum atomic E-state index is -0.0975. The summed E-state index contributed by atoms with van der Waals surface area (Å²) in [5.41, 5.74) is 0.851. The van der Waals surface area contributed by atoms with Crippen molar-refractivity contribution in [3.05, 3.63) is 46.5 Å². The van der Waals surface area contributed by atoms with Gasteiger partial charge in [0.25, 0.3) is 0 Å². The summed E-state index contributed by atoms with van der Waals surface area (Å²) in [6.07, 6.45) is 3.48. The molecule has 0 fully saturated rings. The first-order valence-corrected chi connectivity index (χ1v) is 6.72. The van der Waals surface area contributed by atoms with Crippen LogP contribution in [-0.4, -0.2) is 22.5 Å². The minimum Gasteiger partial charge on any atom is -0.493 e. The Morgan fingerprint density at radius 3 is 2.90 bits per heavy atom. The van der Waals surface area contributed by atoms with Crippen LogP contribution in [0.2, 0.25) is 10.0 Å². The van der Waals surface area contributed by atoms with Crippen LogP contribution in [0.3, 0.4) is 0 Å².